The van der Waals surface area contributed by atoms with Crippen LogP contribution in [0, 0.1) is 6.92 Å². The number of nitrogens with zero attached hydrogens (tertiary/aromatic N) is 5. The molecule has 3 N–H and O–H groups in total. The van der Waals surface area contributed by atoms with E-state index in [2.05, 4.69) is 30.9 Å². The molecule has 1 unspecified atom stereocenters. The van der Waals surface area contributed by atoms with Gasteiger partial charge in [0.2, 0.25) is 5.91 Å². The molecule has 0 spiro atoms. The molecule has 1 aliphatic rings. The molecule has 1 atom stereocenters. The lowest BCUT2D eigenvalue weighted by Crippen LogP contribution is -2.45. The number of anilines is 3. The lowest BCUT2D eigenvalue weighted by molar-refractivity contribution is -0.183. The van der Waals surface area contributed by atoms with Gasteiger partial charge in [0.15, 0.2) is 10.9 Å². The number of fused-ring (bicyclic) bond motifs is 1. The average molecular weight is 519 g/mol. The number of carbonyl (C=O) groups is 2. The first-order valence-electron chi connectivity index (χ1n) is 11.1. The molecule has 0 aliphatic carbocycles. The van der Waals surface area contributed by atoms with Crippen LogP contribution in [-0.4, -0.2) is 60.4 Å². The second-order valence-corrected chi connectivity index (χ2v) is 9.41. The van der Waals surface area contributed by atoms with Gasteiger partial charge in [-0.15, -0.1) is 0 Å². The summed E-state index contributed by atoms with van der Waals surface area (Å²) in [7, 11) is 0. The van der Waals surface area contributed by atoms with Gasteiger partial charge >= 0.3 is 6.18 Å². The molecular weight excluding hydrogens is 497 g/mol. The molecule has 0 saturated carbocycles. The fourth-order valence-corrected chi connectivity index (χ4v) is 4.88. The Kier molecular flexibility index (Phi) is 6.12. The lowest BCUT2D eigenvalue weighted by Gasteiger charge is -2.26. The van der Waals surface area contributed by atoms with Gasteiger partial charge in [0.1, 0.15) is 17.5 Å². The van der Waals surface area contributed by atoms with Crippen LogP contribution in [-0.2, 0) is 11.3 Å². The van der Waals surface area contributed by atoms with Gasteiger partial charge in [-0.2, -0.15) is 23.4 Å². The number of aromatic nitrogens is 5. The molecule has 3 aromatic heterocycles. The summed E-state index contributed by atoms with van der Waals surface area (Å²) in [6, 6.07) is 3.59. The van der Waals surface area contributed by atoms with Gasteiger partial charge in [0, 0.05) is 24.2 Å². The van der Waals surface area contributed by atoms with Crippen LogP contribution in [0.1, 0.15) is 28.1 Å². The van der Waals surface area contributed by atoms with Gasteiger partial charge in [0.05, 0.1) is 23.6 Å². The van der Waals surface area contributed by atoms with Crippen LogP contribution in [0.25, 0.3) is 10.9 Å². The van der Waals surface area contributed by atoms with E-state index < -0.39 is 18.1 Å². The maximum atomic E-state index is 13.1. The second kappa shape index (κ2) is 9.26. The fourth-order valence-electron chi connectivity index (χ4n) is 4.17. The van der Waals surface area contributed by atoms with Gasteiger partial charge in [-0.05, 0) is 31.4 Å². The minimum Gasteiger partial charge on any atom is -0.329 e. The molecule has 5 rings (SSSR count). The van der Waals surface area contributed by atoms with Crippen molar-refractivity contribution in [3.8, 4) is 0 Å². The highest BCUT2D eigenvalue weighted by molar-refractivity contribution is 7.17. The van der Waals surface area contributed by atoms with Crippen molar-refractivity contribution in [2.75, 3.05) is 17.2 Å². The maximum Gasteiger partial charge on any atom is 0.408 e. The molecule has 1 saturated heterocycles. The lowest BCUT2D eigenvalue weighted by atomic mass is 10.1. The van der Waals surface area contributed by atoms with E-state index in [1.165, 1.54) is 17.1 Å². The Bertz CT molecular complexity index is 1430. The summed E-state index contributed by atoms with van der Waals surface area (Å²) in [4.78, 5) is 30.7. The van der Waals surface area contributed by atoms with Crippen LogP contribution in [0.4, 0.5) is 29.8 Å². The highest BCUT2D eigenvalue weighted by atomic mass is 32.1. The maximum absolute atomic E-state index is 13.1. The first kappa shape index (κ1) is 23.8. The fraction of sp³-hybridized carbons (Fsp3) is 0.318. The summed E-state index contributed by atoms with van der Waals surface area (Å²) in [5, 5.41) is 18.1. The Morgan fingerprint density at radius 1 is 1.25 bits per heavy atom. The molecule has 1 aliphatic heterocycles. The van der Waals surface area contributed by atoms with Gasteiger partial charge in [0.25, 0.3) is 5.91 Å². The van der Waals surface area contributed by atoms with Crippen LogP contribution >= 0.6 is 11.3 Å². The molecule has 10 nitrogen and oxygen atoms in total. The number of hydrogen-bond donors (Lipinski definition) is 3. The van der Waals surface area contributed by atoms with Gasteiger partial charge in [-0.25, -0.2) is 4.98 Å². The average Bonchev–Trinajstić information content (AvgIpc) is 3.62. The normalized spacial score (nSPS) is 16.0. The Labute approximate surface area is 206 Å². The topological polar surface area (TPSA) is 121 Å². The Balaban J connectivity index is 1.22. The number of aryl methyl sites for hydroxylation is 1. The Hall–Kier alpha value is -3.94. The third-order valence-corrected chi connectivity index (χ3v) is 6.84. The minimum absolute atomic E-state index is 0.0773. The van der Waals surface area contributed by atoms with Crippen molar-refractivity contribution >= 4 is 50.7 Å². The summed E-state index contributed by atoms with van der Waals surface area (Å²) in [6.45, 7) is 1.66. The second-order valence-electron chi connectivity index (χ2n) is 8.38. The molecule has 4 aromatic rings. The van der Waals surface area contributed by atoms with Crippen LogP contribution in [0.3, 0.4) is 0 Å². The van der Waals surface area contributed by atoms with Crippen LogP contribution in [0.5, 0.6) is 0 Å². The van der Waals surface area contributed by atoms with Crippen molar-refractivity contribution in [1.29, 1.82) is 0 Å². The van der Waals surface area contributed by atoms with Gasteiger partial charge < -0.3 is 15.5 Å². The number of alkyl halides is 3. The van der Waals surface area contributed by atoms with E-state index >= 15 is 0 Å². The highest BCUT2D eigenvalue weighted by Gasteiger charge is 2.47. The van der Waals surface area contributed by atoms with E-state index in [4.69, 9.17) is 0 Å². The van der Waals surface area contributed by atoms with E-state index in [9.17, 15) is 22.8 Å². The molecule has 1 fully saturated rings. The molecule has 1 aromatic carbocycles. The standard InChI is InChI=1S/C22H21F3N8O2S/c1-12-4-5-14-13(9-27-30-14)19(12)29-20(35)15-10-26-21(36-15)28-17-6-8-32(31-17)11-18(34)33-7-2-3-16(33)22(23,24)25/h4-6,8-10,16H,2-3,7,11H2,1H3,(H,27,30)(H,29,35)(H,26,28,31). The number of amides is 2. The Morgan fingerprint density at radius 2 is 2.08 bits per heavy atom. The largest absolute Gasteiger partial charge is 0.408 e. The summed E-state index contributed by atoms with van der Waals surface area (Å²) in [5.74, 6) is -0.629. The summed E-state index contributed by atoms with van der Waals surface area (Å²) < 4.78 is 40.7. The van der Waals surface area contributed by atoms with Crippen LogP contribution < -0.4 is 10.6 Å². The number of benzene rings is 1. The minimum atomic E-state index is -4.44. The van der Waals surface area contributed by atoms with Crippen molar-refractivity contribution in [3.63, 3.8) is 0 Å². The van der Waals surface area contributed by atoms with Crippen molar-refractivity contribution in [2.45, 2.75) is 38.5 Å². The highest BCUT2D eigenvalue weighted by Crippen LogP contribution is 2.33. The van der Waals surface area contributed by atoms with E-state index in [1.807, 2.05) is 19.1 Å². The van der Waals surface area contributed by atoms with Crippen molar-refractivity contribution in [3.05, 3.63) is 47.2 Å². The quantitative estimate of drug-likeness (QED) is 0.354. The summed E-state index contributed by atoms with van der Waals surface area (Å²) in [5.41, 5.74) is 2.34. The van der Waals surface area contributed by atoms with Crippen LogP contribution in [0.15, 0.2) is 36.8 Å². The smallest absolute Gasteiger partial charge is 0.329 e. The number of hydrogen-bond acceptors (Lipinski definition) is 7. The van der Waals surface area contributed by atoms with E-state index in [1.54, 1.807) is 12.3 Å². The summed E-state index contributed by atoms with van der Waals surface area (Å²) in [6.07, 6.45) is 0.358. The number of carbonyl (C=O) groups excluding carboxylic acids is 2. The van der Waals surface area contributed by atoms with Gasteiger partial charge in [-0.3, -0.25) is 19.4 Å². The molecule has 14 heteroatoms. The monoisotopic (exact) mass is 518 g/mol. The zero-order valence-electron chi connectivity index (χ0n) is 19.0. The van der Waals surface area contributed by atoms with Gasteiger partial charge in [-0.1, -0.05) is 17.4 Å². The van der Waals surface area contributed by atoms with E-state index in [0.29, 0.717) is 27.9 Å². The molecular formula is C22H21F3N8O2S. The third-order valence-electron chi connectivity index (χ3n) is 5.92. The zero-order valence-corrected chi connectivity index (χ0v) is 19.8. The molecule has 36 heavy (non-hydrogen) atoms. The number of nitrogens with one attached hydrogen (secondary N) is 3. The summed E-state index contributed by atoms with van der Waals surface area (Å²) >= 11 is 1.11. The molecule has 2 amide bonds. The first-order chi connectivity index (χ1) is 17.2. The Morgan fingerprint density at radius 3 is 2.89 bits per heavy atom. The third kappa shape index (κ3) is 4.76. The molecule has 0 bridgehead atoms. The first-order valence-corrected chi connectivity index (χ1v) is 11.9. The number of halogens is 3. The predicted molar refractivity (Wildman–Crippen MR) is 127 cm³/mol. The van der Waals surface area contributed by atoms with Crippen molar-refractivity contribution < 1.29 is 22.8 Å². The zero-order chi connectivity index (χ0) is 25.4. The van der Waals surface area contributed by atoms with E-state index in [0.717, 1.165) is 32.7 Å². The number of rotatable bonds is 6. The SMILES string of the molecule is Cc1ccc2[nH]ncc2c1NC(=O)c1cnc(Nc2ccn(CC(=O)N3CCCC3C(F)(F)F)n2)s1. The molecule has 0 radical (unpaired) electrons. The number of H-pyrrole nitrogens is 1. The number of aromatic amines is 1. The number of likely N-dealkylation sites (tertiary alicyclic amines) is 1. The predicted octanol–water partition coefficient (Wildman–Crippen LogP) is 4.07. The molecule has 188 valence electrons. The van der Waals surface area contributed by atoms with Crippen molar-refractivity contribution in [2.24, 2.45) is 0 Å². The van der Waals surface area contributed by atoms with Crippen molar-refractivity contribution in [1.82, 2.24) is 29.9 Å². The molecule has 4 heterocycles. The van der Waals surface area contributed by atoms with Crippen LogP contribution in [0.2, 0.25) is 0 Å². The number of thiazole rings is 1. The van der Waals surface area contributed by atoms with E-state index in [-0.39, 0.29) is 25.4 Å².